The molecule has 1 atom stereocenters. The first kappa shape index (κ1) is 20.1. The number of aromatic nitrogens is 2. The third-order valence-corrected chi connectivity index (χ3v) is 4.88. The summed E-state index contributed by atoms with van der Waals surface area (Å²) in [6.45, 7) is 9.48. The van der Waals surface area contributed by atoms with E-state index in [2.05, 4.69) is 23.7 Å². The van der Waals surface area contributed by atoms with Gasteiger partial charge in [-0.05, 0) is 30.0 Å². The number of nitrogens with one attached hydrogen (secondary N) is 1. The molecule has 1 aromatic heterocycles. The molecule has 2 N–H and O–H groups in total. The van der Waals surface area contributed by atoms with Crippen LogP contribution >= 0.6 is 0 Å². The Morgan fingerprint density at radius 2 is 1.86 bits per heavy atom. The quantitative estimate of drug-likeness (QED) is 0.699. The highest BCUT2D eigenvalue weighted by Gasteiger charge is 2.21. The molecule has 0 aliphatic carbocycles. The molecule has 0 spiro atoms. The predicted octanol–water partition coefficient (Wildman–Crippen LogP) is 4.55. The van der Waals surface area contributed by atoms with E-state index in [1.165, 1.54) is 0 Å². The van der Waals surface area contributed by atoms with Gasteiger partial charge in [0.05, 0.1) is 22.7 Å². The van der Waals surface area contributed by atoms with Crippen molar-refractivity contribution in [1.82, 2.24) is 14.9 Å². The summed E-state index contributed by atoms with van der Waals surface area (Å²) < 4.78 is 2.11. The minimum Gasteiger partial charge on any atom is -0.388 e. The van der Waals surface area contributed by atoms with E-state index < -0.39 is 6.10 Å². The van der Waals surface area contributed by atoms with E-state index in [1.807, 2.05) is 56.3 Å². The number of aliphatic hydroxyl groups is 1. The van der Waals surface area contributed by atoms with E-state index in [0.29, 0.717) is 24.6 Å². The number of rotatable bonds is 4. The van der Waals surface area contributed by atoms with Crippen LogP contribution in [0.5, 0.6) is 0 Å². The predicted molar refractivity (Wildman–Crippen MR) is 113 cm³/mol. The molecule has 5 nitrogen and oxygen atoms in total. The van der Waals surface area contributed by atoms with Crippen LogP contribution in [0.2, 0.25) is 0 Å². The van der Waals surface area contributed by atoms with Crippen molar-refractivity contribution in [3.8, 4) is 11.4 Å². The van der Waals surface area contributed by atoms with Crippen molar-refractivity contribution in [3.63, 3.8) is 0 Å². The standard InChI is InChI=1S/C21H23N3O2.C2H6/c1-13(2)12-18(25)14-6-8-15(9-7-14)20-23-17-5-3-4-16-19(17)24(20)11-10-22-21(16)26;1-2/h3-9,13,18,25H,10-12H2,1-2H3,(H,22,26);1-2H3. The second-order valence-electron chi connectivity index (χ2n) is 7.28. The molecule has 4 rings (SSSR count). The van der Waals surface area contributed by atoms with Gasteiger partial charge in [-0.15, -0.1) is 0 Å². The molecule has 28 heavy (non-hydrogen) atoms. The Morgan fingerprint density at radius 1 is 1.14 bits per heavy atom. The maximum Gasteiger partial charge on any atom is 0.253 e. The maximum atomic E-state index is 12.3. The van der Waals surface area contributed by atoms with E-state index in [-0.39, 0.29) is 5.91 Å². The number of aliphatic hydroxyl groups excluding tert-OH is 1. The second kappa shape index (κ2) is 8.57. The monoisotopic (exact) mass is 379 g/mol. The lowest BCUT2D eigenvalue weighted by molar-refractivity contribution is 0.0956. The van der Waals surface area contributed by atoms with Gasteiger partial charge in [-0.1, -0.05) is 58.0 Å². The average Bonchev–Trinajstić information content (AvgIpc) is 2.98. The zero-order chi connectivity index (χ0) is 20.3. The van der Waals surface area contributed by atoms with Gasteiger partial charge in [-0.2, -0.15) is 0 Å². The van der Waals surface area contributed by atoms with Crippen LogP contribution in [0.1, 0.15) is 56.1 Å². The molecule has 0 radical (unpaired) electrons. The first-order valence-electron chi connectivity index (χ1n) is 10.1. The Kier molecular flexibility index (Phi) is 6.15. The Labute approximate surface area is 166 Å². The first-order chi connectivity index (χ1) is 13.5. The van der Waals surface area contributed by atoms with E-state index >= 15 is 0 Å². The van der Waals surface area contributed by atoms with Crippen LogP contribution in [0.4, 0.5) is 0 Å². The Hall–Kier alpha value is -2.66. The lowest BCUT2D eigenvalue weighted by atomic mass is 9.98. The van der Waals surface area contributed by atoms with Gasteiger partial charge < -0.3 is 15.0 Å². The number of benzene rings is 2. The summed E-state index contributed by atoms with van der Waals surface area (Å²) in [5.41, 5.74) is 4.30. The number of hydrogen-bond acceptors (Lipinski definition) is 3. The molecule has 2 heterocycles. The molecule has 2 aromatic carbocycles. The molecule has 0 saturated heterocycles. The highest BCUT2D eigenvalue weighted by molar-refractivity contribution is 6.06. The molecule has 3 aromatic rings. The van der Waals surface area contributed by atoms with Gasteiger partial charge in [0.2, 0.25) is 0 Å². The maximum absolute atomic E-state index is 12.3. The summed E-state index contributed by atoms with van der Waals surface area (Å²) in [6, 6.07) is 13.6. The number of nitrogens with zero attached hydrogens (tertiary/aromatic N) is 2. The van der Waals surface area contributed by atoms with Crippen LogP contribution < -0.4 is 5.32 Å². The van der Waals surface area contributed by atoms with E-state index in [0.717, 1.165) is 34.4 Å². The molecule has 5 heteroatoms. The second-order valence-corrected chi connectivity index (χ2v) is 7.28. The molecule has 1 aliphatic rings. The molecule has 1 unspecified atom stereocenters. The molecule has 0 saturated carbocycles. The summed E-state index contributed by atoms with van der Waals surface area (Å²) in [7, 11) is 0. The van der Waals surface area contributed by atoms with Crippen molar-refractivity contribution in [3.05, 3.63) is 53.6 Å². The third-order valence-electron chi connectivity index (χ3n) is 4.88. The van der Waals surface area contributed by atoms with Crippen LogP contribution in [0.3, 0.4) is 0 Å². The number of para-hydroxylation sites is 1. The van der Waals surface area contributed by atoms with E-state index in [4.69, 9.17) is 4.98 Å². The zero-order valence-corrected chi connectivity index (χ0v) is 17.1. The summed E-state index contributed by atoms with van der Waals surface area (Å²) in [4.78, 5) is 17.0. The largest absolute Gasteiger partial charge is 0.388 e. The van der Waals surface area contributed by atoms with Gasteiger partial charge in [-0.3, -0.25) is 4.79 Å². The number of hydrogen-bond donors (Lipinski definition) is 2. The van der Waals surface area contributed by atoms with Crippen molar-refractivity contribution < 1.29 is 9.90 Å². The number of carbonyl (C=O) groups excluding carboxylic acids is 1. The highest BCUT2D eigenvalue weighted by atomic mass is 16.3. The van der Waals surface area contributed by atoms with Crippen LogP contribution in [0.15, 0.2) is 42.5 Å². The average molecular weight is 380 g/mol. The van der Waals surface area contributed by atoms with Crippen LogP contribution in [0, 0.1) is 5.92 Å². The summed E-state index contributed by atoms with van der Waals surface area (Å²) >= 11 is 0. The molecule has 0 fully saturated rings. The normalized spacial score (nSPS) is 14.3. The van der Waals surface area contributed by atoms with Gasteiger partial charge in [0.1, 0.15) is 5.82 Å². The molecular weight excluding hydrogens is 350 g/mol. The van der Waals surface area contributed by atoms with Gasteiger partial charge in [0.25, 0.3) is 5.91 Å². The van der Waals surface area contributed by atoms with Crippen molar-refractivity contribution >= 4 is 16.9 Å². The molecule has 0 bridgehead atoms. The van der Waals surface area contributed by atoms with Crippen molar-refractivity contribution in [2.75, 3.05) is 6.54 Å². The molecule has 1 aliphatic heterocycles. The summed E-state index contributed by atoms with van der Waals surface area (Å²) in [5, 5.41) is 13.3. The fraction of sp³-hybridized carbons (Fsp3) is 0.391. The minimum absolute atomic E-state index is 0.0482. The topological polar surface area (TPSA) is 67.2 Å². The van der Waals surface area contributed by atoms with Gasteiger partial charge in [-0.25, -0.2) is 4.98 Å². The van der Waals surface area contributed by atoms with Crippen molar-refractivity contribution in [1.29, 1.82) is 0 Å². The van der Waals surface area contributed by atoms with Crippen molar-refractivity contribution in [2.24, 2.45) is 5.92 Å². The van der Waals surface area contributed by atoms with Crippen molar-refractivity contribution in [2.45, 2.75) is 46.8 Å². The fourth-order valence-electron chi connectivity index (χ4n) is 3.62. The highest BCUT2D eigenvalue weighted by Crippen LogP contribution is 2.30. The van der Waals surface area contributed by atoms with E-state index in [1.54, 1.807) is 0 Å². The number of imidazole rings is 1. The van der Waals surface area contributed by atoms with Gasteiger partial charge in [0, 0.05) is 18.7 Å². The Morgan fingerprint density at radius 3 is 2.54 bits per heavy atom. The fourth-order valence-corrected chi connectivity index (χ4v) is 3.62. The lowest BCUT2D eigenvalue weighted by Gasteiger charge is -2.14. The third kappa shape index (κ3) is 3.80. The lowest BCUT2D eigenvalue weighted by Crippen LogP contribution is -2.24. The SMILES string of the molecule is CC.CC(C)CC(O)c1ccc(-c2nc3cccc4c3n2CCNC4=O)cc1. The number of amides is 1. The van der Waals surface area contributed by atoms with E-state index in [9.17, 15) is 9.90 Å². The number of carbonyl (C=O) groups is 1. The van der Waals surface area contributed by atoms with Crippen LogP contribution in [-0.4, -0.2) is 27.1 Å². The Balaban J connectivity index is 0.00000109. The molecular formula is C23H29N3O2. The summed E-state index contributed by atoms with van der Waals surface area (Å²) in [5.74, 6) is 1.25. The summed E-state index contributed by atoms with van der Waals surface area (Å²) in [6.07, 6.45) is 0.299. The van der Waals surface area contributed by atoms with Crippen LogP contribution in [0.25, 0.3) is 22.4 Å². The van der Waals surface area contributed by atoms with Gasteiger partial charge >= 0.3 is 0 Å². The smallest absolute Gasteiger partial charge is 0.253 e. The molecule has 148 valence electrons. The zero-order valence-electron chi connectivity index (χ0n) is 17.1. The minimum atomic E-state index is -0.446. The first-order valence-corrected chi connectivity index (χ1v) is 10.1. The molecule has 1 amide bonds. The Bertz CT molecular complexity index is 958. The van der Waals surface area contributed by atoms with Gasteiger partial charge in [0.15, 0.2) is 0 Å². The van der Waals surface area contributed by atoms with Crippen LogP contribution in [-0.2, 0) is 6.54 Å².